The van der Waals surface area contributed by atoms with E-state index >= 15 is 0 Å². The molecule has 0 unspecified atom stereocenters. The third kappa shape index (κ3) is 2.71. The van der Waals surface area contributed by atoms with E-state index in [1.807, 2.05) is 0 Å². The topological polar surface area (TPSA) is 53.0 Å². The molecule has 0 radical (unpaired) electrons. The maximum atomic E-state index is 11.6. The Balaban J connectivity index is 1.44. The van der Waals surface area contributed by atoms with Gasteiger partial charge in [0.25, 0.3) is 0 Å². The molecule has 0 bridgehead atoms. The second-order valence-electron chi connectivity index (χ2n) is 6.59. The molecule has 5 heteroatoms. The van der Waals surface area contributed by atoms with Gasteiger partial charge in [-0.3, -0.25) is 9.69 Å². The molecule has 0 aromatic carbocycles. The number of ether oxygens (including phenoxy) is 1. The Labute approximate surface area is 120 Å². The van der Waals surface area contributed by atoms with Crippen molar-refractivity contribution in [3.8, 4) is 0 Å². The number of aliphatic carboxylic acids is 1. The lowest BCUT2D eigenvalue weighted by Crippen LogP contribution is -2.38. The number of likely N-dealkylation sites (tertiary alicyclic amines) is 1. The van der Waals surface area contributed by atoms with E-state index in [0.717, 1.165) is 78.2 Å². The molecule has 20 heavy (non-hydrogen) atoms. The second-order valence-corrected chi connectivity index (χ2v) is 6.59. The Hall–Kier alpha value is -0.650. The number of nitrogens with zero attached hydrogens (tertiary/aromatic N) is 2. The van der Waals surface area contributed by atoms with Crippen LogP contribution in [0.25, 0.3) is 0 Å². The third-order valence-corrected chi connectivity index (χ3v) is 5.42. The van der Waals surface area contributed by atoms with Gasteiger partial charge in [-0.05, 0) is 38.3 Å². The molecule has 2 heterocycles. The average molecular weight is 282 g/mol. The minimum atomic E-state index is -0.560. The maximum absolute atomic E-state index is 11.6. The predicted molar refractivity (Wildman–Crippen MR) is 75.7 cm³/mol. The van der Waals surface area contributed by atoms with Crippen LogP contribution < -0.4 is 0 Å². The minimum Gasteiger partial charge on any atom is -0.481 e. The number of hydrogen-bond acceptors (Lipinski definition) is 4. The van der Waals surface area contributed by atoms with Crippen LogP contribution >= 0.6 is 0 Å². The molecule has 0 aromatic rings. The zero-order valence-electron chi connectivity index (χ0n) is 12.2. The number of rotatable bonds is 5. The fourth-order valence-corrected chi connectivity index (χ4v) is 4.26. The maximum Gasteiger partial charge on any atom is 0.311 e. The summed E-state index contributed by atoms with van der Waals surface area (Å²) in [7, 11) is 0. The Kier molecular flexibility index (Phi) is 4.29. The van der Waals surface area contributed by atoms with E-state index in [0.29, 0.717) is 5.92 Å². The number of carboxylic acids is 1. The number of hydrogen-bond donors (Lipinski definition) is 1. The van der Waals surface area contributed by atoms with Crippen molar-refractivity contribution in [2.45, 2.75) is 25.7 Å². The number of carbonyl (C=O) groups is 1. The molecule has 1 N–H and O–H groups in total. The minimum absolute atomic E-state index is 0.392. The highest BCUT2D eigenvalue weighted by Crippen LogP contribution is 2.48. The van der Waals surface area contributed by atoms with Gasteiger partial charge in [0.2, 0.25) is 0 Å². The highest BCUT2D eigenvalue weighted by atomic mass is 16.5. The smallest absolute Gasteiger partial charge is 0.311 e. The third-order valence-electron chi connectivity index (χ3n) is 5.42. The number of carboxylic acid groups (broad SMARTS) is 1. The van der Waals surface area contributed by atoms with Crippen LogP contribution in [0.15, 0.2) is 0 Å². The van der Waals surface area contributed by atoms with Crippen molar-refractivity contribution in [3.63, 3.8) is 0 Å². The standard InChI is InChI=1S/C15H26N2O3/c18-14(19)15-4-1-3-13(15)11-17(12-15)6-2-5-16-7-9-20-10-8-16/h13H,1-12H2,(H,18,19)/t13-,15+/m0/s1. The van der Waals surface area contributed by atoms with Crippen LogP contribution in [0.2, 0.25) is 0 Å². The molecule has 0 amide bonds. The van der Waals surface area contributed by atoms with Gasteiger partial charge in [0.1, 0.15) is 0 Å². The Bertz CT molecular complexity index is 357. The average Bonchev–Trinajstić information content (AvgIpc) is 2.97. The van der Waals surface area contributed by atoms with Gasteiger partial charge in [0, 0.05) is 26.2 Å². The van der Waals surface area contributed by atoms with Gasteiger partial charge in [0.15, 0.2) is 0 Å². The summed E-state index contributed by atoms with van der Waals surface area (Å²) >= 11 is 0. The van der Waals surface area contributed by atoms with E-state index in [9.17, 15) is 9.90 Å². The van der Waals surface area contributed by atoms with Gasteiger partial charge >= 0.3 is 5.97 Å². The van der Waals surface area contributed by atoms with E-state index in [4.69, 9.17) is 4.74 Å². The highest BCUT2D eigenvalue weighted by Gasteiger charge is 2.54. The van der Waals surface area contributed by atoms with Crippen LogP contribution in [0.3, 0.4) is 0 Å². The zero-order valence-corrected chi connectivity index (χ0v) is 12.2. The Morgan fingerprint density at radius 3 is 2.70 bits per heavy atom. The van der Waals surface area contributed by atoms with Crippen molar-refractivity contribution in [2.24, 2.45) is 11.3 Å². The molecular formula is C15H26N2O3. The van der Waals surface area contributed by atoms with Crippen molar-refractivity contribution >= 4 is 5.97 Å². The Morgan fingerprint density at radius 1 is 1.25 bits per heavy atom. The summed E-state index contributed by atoms with van der Waals surface area (Å²) in [5, 5.41) is 9.57. The number of fused-ring (bicyclic) bond motifs is 1. The van der Waals surface area contributed by atoms with Crippen molar-refractivity contribution in [2.75, 3.05) is 52.5 Å². The summed E-state index contributed by atoms with van der Waals surface area (Å²) in [6.07, 6.45) is 4.22. The molecule has 2 aliphatic heterocycles. The monoisotopic (exact) mass is 282 g/mol. The van der Waals surface area contributed by atoms with E-state index < -0.39 is 11.4 Å². The van der Waals surface area contributed by atoms with Gasteiger partial charge in [-0.25, -0.2) is 0 Å². The van der Waals surface area contributed by atoms with Gasteiger partial charge in [-0.15, -0.1) is 0 Å². The van der Waals surface area contributed by atoms with Crippen molar-refractivity contribution < 1.29 is 14.6 Å². The van der Waals surface area contributed by atoms with Crippen molar-refractivity contribution in [1.29, 1.82) is 0 Å². The summed E-state index contributed by atoms with van der Waals surface area (Å²) in [5.74, 6) is -0.168. The van der Waals surface area contributed by atoms with Crippen molar-refractivity contribution in [1.82, 2.24) is 9.80 Å². The van der Waals surface area contributed by atoms with Crippen LogP contribution in [-0.2, 0) is 9.53 Å². The highest BCUT2D eigenvalue weighted by molar-refractivity contribution is 5.76. The molecule has 0 spiro atoms. The normalized spacial score (nSPS) is 35.3. The molecule has 114 valence electrons. The van der Waals surface area contributed by atoms with Gasteiger partial charge in [-0.2, -0.15) is 0 Å². The van der Waals surface area contributed by atoms with Crippen LogP contribution in [0.5, 0.6) is 0 Å². The molecule has 1 saturated carbocycles. The first kappa shape index (κ1) is 14.3. The summed E-state index contributed by atoms with van der Waals surface area (Å²) < 4.78 is 5.35. The van der Waals surface area contributed by atoms with E-state index in [1.165, 1.54) is 0 Å². The zero-order chi connectivity index (χ0) is 14.0. The first-order valence-corrected chi connectivity index (χ1v) is 7.96. The first-order chi connectivity index (χ1) is 9.71. The lowest BCUT2D eigenvalue weighted by Gasteiger charge is -2.27. The van der Waals surface area contributed by atoms with E-state index in [2.05, 4.69) is 9.80 Å². The second kappa shape index (κ2) is 6.00. The van der Waals surface area contributed by atoms with Gasteiger partial charge < -0.3 is 14.7 Å². The largest absolute Gasteiger partial charge is 0.481 e. The molecule has 3 aliphatic rings. The lowest BCUT2D eigenvalue weighted by molar-refractivity contribution is -0.149. The molecule has 2 atom stereocenters. The van der Waals surface area contributed by atoms with E-state index in [-0.39, 0.29) is 0 Å². The summed E-state index contributed by atoms with van der Waals surface area (Å²) in [6.45, 7) is 7.73. The van der Waals surface area contributed by atoms with Crippen LogP contribution in [0, 0.1) is 11.3 Å². The predicted octanol–water partition coefficient (Wildman–Crippen LogP) is 0.895. The quantitative estimate of drug-likeness (QED) is 0.812. The molecule has 3 fully saturated rings. The molecule has 0 aromatic heterocycles. The summed E-state index contributed by atoms with van der Waals surface area (Å²) in [4.78, 5) is 16.5. The van der Waals surface area contributed by atoms with E-state index in [1.54, 1.807) is 0 Å². The summed E-state index contributed by atoms with van der Waals surface area (Å²) in [6, 6.07) is 0. The van der Waals surface area contributed by atoms with Gasteiger partial charge in [0.05, 0.1) is 18.6 Å². The molecule has 3 rings (SSSR count). The summed E-state index contributed by atoms with van der Waals surface area (Å²) in [5.41, 5.74) is -0.418. The van der Waals surface area contributed by atoms with Crippen LogP contribution in [0.1, 0.15) is 25.7 Å². The van der Waals surface area contributed by atoms with Crippen LogP contribution in [0.4, 0.5) is 0 Å². The van der Waals surface area contributed by atoms with Crippen molar-refractivity contribution in [3.05, 3.63) is 0 Å². The molecule has 5 nitrogen and oxygen atoms in total. The Morgan fingerprint density at radius 2 is 2.00 bits per heavy atom. The fourth-order valence-electron chi connectivity index (χ4n) is 4.26. The SMILES string of the molecule is O=C(O)[C@@]12CCC[C@H]1CN(CCCN1CCOCC1)C2. The molecule has 1 aliphatic carbocycles. The lowest BCUT2D eigenvalue weighted by atomic mass is 9.81. The first-order valence-electron chi connectivity index (χ1n) is 7.96. The fraction of sp³-hybridized carbons (Fsp3) is 0.933. The molecular weight excluding hydrogens is 256 g/mol. The van der Waals surface area contributed by atoms with Gasteiger partial charge in [-0.1, -0.05) is 6.42 Å². The van der Waals surface area contributed by atoms with Crippen LogP contribution in [-0.4, -0.2) is 73.4 Å². The number of morpholine rings is 1. The molecule has 2 saturated heterocycles.